The Morgan fingerprint density at radius 2 is 1.23 bits per heavy atom. The summed E-state index contributed by atoms with van der Waals surface area (Å²) in [6.07, 6.45) is 0.122. The highest BCUT2D eigenvalue weighted by molar-refractivity contribution is 7.60. The number of hydrogen-bond acceptors (Lipinski definition) is 0. The largest absolute Gasteiger partial charge is 0.249 e. The van der Waals surface area contributed by atoms with Crippen molar-refractivity contribution in [1.82, 2.24) is 0 Å². The molecule has 0 unspecified atom stereocenters. The Bertz CT molecular complexity index is 189. The van der Waals surface area contributed by atoms with Crippen molar-refractivity contribution in [3.8, 4) is 0 Å². The molecular formula is C10H19F2P. The molecule has 1 heterocycles. The lowest BCUT2D eigenvalue weighted by Crippen LogP contribution is -2.45. The van der Waals surface area contributed by atoms with Crippen LogP contribution in [-0.4, -0.2) is 22.9 Å². The summed E-state index contributed by atoms with van der Waals surface area (Å²) in [5.41, 5.74) is 0. The molecule has 0 aromatic rings. The zero-order chi connectivity index (χ0) is 10.5. The van der Waals surface area contributed by atoms with Crippen molar-refractivity contribution in [3.63, 3.8) is 0 Å². The summed E-state index contributed by atoms with van der Waals surface area (Å²) in [5.74, 6) is -2.46. The molecule has 3 heteroatoms. The Hall–Kier alpha value is 0.290. The van der Waals surface area contributed by atoms with Crippen LogP contribution < -0.4 is 0 Å². The molecule has 0 amide bonds. The second-order valence-corrected chi connectivity index (χ2v) is 8.93. The van der Waals surface area contributed by atoms with Crippen molar-refractivity contribution in [2.45, 2.75) is 56.8 Å². The Labute approximate surface area is 80.8 Å². The fraction of sp³-hybridized carbons (Fsp3) is 1.00. The lowest BCUT2D eigenvalue weighted by Gasteiger charge is -2.50. The summed E-state index contributed by atoms with van der Waals surface area (Å²) < 4.78 is 26.8. The van der Waals surface area contributed by atoms with Crippen molar-refractivity contribution in [1.29, 1.82) is 0 Å². The van der Waals surface area contributed by atoms with Gasteiger partial charge < -0.3 is 0 Å². The fourth-order valence-electron chi connectivity index (χ4n) is 2.38. The van der Waals surface area contributed by atoms with Crippen LogP contribution in [0.2, 0.25) is 0 Å². The molecule has 1 saturated heterocycles. The van der Waals surface area contributed by atoms with Gasteiger partial charge in [0.25, 0.3) is 0 Å². The minimum absolute atomic E-state index is 0.0611. The normalized spacial score (nSPS) is 31.6. The van der Waals surface area contributed by atoms with Crippen molar-refractivity contribution < 1.29 is 8.78 Å². The van der Waals surface area contributed by atoms with Crippen molar-refractivity contribution >= 4 is 7.92 Å². The average molecular weight is 208 g/mol. The Morgan fingerprint density at radius 3 is 1.54 bits per heavy atom. The first-order valence-corrected chi connectivity index (χ1v) is 6.48. The maximum atomic E-state index is 13.4. The topological polar surface area (TPSA) is 0 Å². The van der Waals surface area contributed by atoms with Gasteiger partial charge in [-0.2, -0.15) is 0 Å². The van der Waals surface area contributed by atoms with Gasteiger partial charge in [-0.05, 0) is 17.0 Å². The molecule has 0 radical (unpaired) electrons. The second-order valence-electron chi connectivity index (χ2n) is 5.39. The van der Waals surface area contributed by atoms with Crippen LogP contribution in [0.4, 0.5) is 8.78 Å². The van der Waals surface area contributed by atoms with Crippen LogP contribution in [0.5, 0.6) is 0 Å². The molecule has 1 fully saturated rings. The van der Waals surface area contributed by atoms with E-state index in [4.69, 9.17) is 0 Å². The van der Waals surface area contributed by atoms with Gasteiger partial charge in [0.1, 0.15) is 0 Å². The zero-order valence-electron chi connectivity index (χ0n) is 9.12. The molecule has 0 saturated carbocycles. The van der Waals surface area contributed by atoms with Crippen molar-refractivity contribution in [2.75, 3.05) is 6.66 Å². The van der Waals surface area contributed by atoms with Crippen molar-refractivity contribution in [2.24, 2.45) is 0 Å². The van der Waals surface area contributed by atoms with Crippen LogP contribution >= 0.6 is 7.92 Å². The van der Waals surface area contributed by atoms with E-state index in [1.165, 1.54) is 0 Å². The molecule has 0 aromatic carbocycles. The van der Waals surface area contributed by atoms with Crippen LogP contribution in [0.3, 0.4) is 0 Å². The van der Waals surface area contributed by atoms with Gasteiger partial charge in [0, 0.05) is 12.8 Å². The third kappa shape index (κ3) is 2.21. The van der Waals surface area contributed by atoms with Gasteiger partial charge in [0.2, 0.25) is 5.92 Å². The SMILES string of the molecule is CP1C(C)(C)CC(F)(F)CC1(C)C. The van der Waals surface area contributed by atoms with Crippen LogP contribution in [-0.2, 0) is 0 Å². The van der Waals surface area contributed by atoms with Gasteiger partial charge in [-0.1, -0.05) is 35.6 Å². The van der Waals surface area contributed by atoms with E-state index in [1.807, 2.05) is 27.7 Å². The molecule has 0 bridgehead atoms. The van der Waals surface area contributed by atoms with Gasteiger partial charge in [-0.15, -0.1) is 0 Å². The smallest absolute Gasteiger partial charge is 0.207 e. The maximum absolute atomic E-state index is 13.4. The highest BCUT2D eigenvalue weighted by atomic mass is 31.1. The zero-order valence-corrected chi connectivity index (χ0v) is 10.0. The van der Waals surface area contributed by atoms with E-state index in [0.29, 0.717) is 0 Å². The highest BCUT2D eigenvalue weighted by Gasteiger charge is 2.52. The molecule has 1 rings (SSSR count). The molecule has 0 N–H and O–H groups in total. The Morgan fingerprint density at radius 1 is 0.923 bits per heavy atom. The van der Waals surface area contributed by atoms with Crippen LogP contribution in [0.15, 0.2) is 0 Å². The average Bonchev–Trinajstić information content (AvgIpc) is 1.77. The second kappa shape index (κ2) is 2.89. The third-order valence-electron chi connectivity index (χ3n) is 3.20. The Kier molecular flexibility index (Phi) is 2.52. The lowest BCUT2D eigenvalue weighted by atomic mass is 9.94. The molecule has 78 valence electrons. The van der Waals surface area contributed by atoms with Crippen LogP contribution in [0.25, 0.3) is 0 Å². The summed E-state index contributed by atoms with van der Waals surface area (Å²) in [5, 5.41) is -0.360. The summed E-state index contributed by atoms with van der Waals surface area (Å²) in [6.45, 7) is 10.1. The van der Waals surface area contributed by atoms with Gasteiger partial charge >= 0.3 is 0 Å². The van der Waals surface area contributed by atoms with E-state index in [-0.39, 0.29) is 31.1 Å². The molecule has 0 nitrogen and oxygen atoms in total. The van der Waals surface area contributed by atoms with E-state index in [2.05, 4.69) is 6.66 Å². The minimum atomic E-state index is -2.46. The van der Waals surface area contributed by atoms with E-state index in [9.17, 15) is 8.78 Å². The minimum Gasteiger partial charge on any atom is -0.207 e. The molecule has 0 atom stereocenters. The molecule has 13 heavy (non-hydrogen) atoms. The van der Waals surface area contributed by atoms with Gasteiger partial charge in [-0.25, -0.2) is 8.78 Å². The summed E-state index contributed by atoms with van der Waals surface area (Å²) in [6, 6.07) is 0. The molecule has 0 aliphatic carbocycles. The molecule has 1 aliphatic rings. The predicted molar refractivity (Wildman–Crippen MR) is 55.2 cm³/mol. The summed E-state index contributed by atoms with van der Waals surface area (Å²) >= 11 is 0. The first kappa shape index (κ1) is 11.4. The molecule has 1 aliphatic heterocycles. The van der Waals surface area contributed by atoms with Gasteiger partial charge in [0.15, 0.2) is 0 Å². The van der Waals surface area contributed by atoms with E-state index in [1.54, 1.807) is 0 Å². The summed E-state index contributed by atoms with van der Waals surface area (Å²) in [4.78, 5) is 0. The van der Waals surface area contributed by atoms with Crippen LogP contribution in [0.1, 0.15) is 40.5 Å². The molecule has 0 spiro atoms. The van der Waals surface area contributed by atoms with E-state index in [0.717, 1.165) is 0 Å². The Balaban J connectivity index is 2.96. The number of rotatable bonds is 0. The number of halogens is 2. The lowest BCUT2D eigenvalue weighted by molar-refractivity contribution is -0.0374. The van der Waals surface area contributed by atoms with Crippen LogP contribution in [0, 0.1) is 0 Å². The van der Waals surface area contributed by atoms with Crippen molar-refractivity contribution in [3.05, 3.63) is 0 Å². The first-order chi connectivity index (χ1) is 5.57. The highest BCUT2D eigenvalue weighted by Crippen LogP contribution is 2.66. The quantitative estimate of drug-likeness (QED) is 0.526. The summed E-state index contributed by atoms with van der Waals surface area (Å²) in [7, 11) is -0.317. The van der Waals surface area contributed by atoms with E-state index < -0.39 is 5.92 Å². The number of hydrogen-bond donors (Lipinski definition) is 0. The number of alkyl halides is 2. The van der Waals surface area contributed by atoms with Gasteiger partial charge in [0.05, 0.1) is 0 Å². The van der Waals surface area contributed by atoms with Gasteiger partial charge in [-0.3, -0.25) is 0 Å². The molecular weight excluding hydrogens is 189 g/mol. The standard InChI is InChI=1S/C10H19F2P/c1-8(2)6-10(11,12)7-9(3,4)13(8)5/h6-7H2,1-5H3. The third-order valence-corrected chi connectivity index (χ3v) is 7.15. The monoisotopic (exact) mass is 208 g/mol. The molecule has 0 aromatic heterocycles. The fourth-order valence-corrected chi connectivity index (χ4v) is 4.96. The van der Waals surface area contributed by atoms with E-state index >= 15 is 0 Å². The first-order valence-electron chi connectivity index (χ1n) is 4.69. The predicted octanol–water partition coefficient (Wildman–Crippen LogP) is 4.08. The maximum Gasteiger partial charge on any atom is 0.249 e.